The molecule has 0 aromatic rings. The van der Waals surface area contributed by atoms with E-state index in [9.17, 15) is 0 Å². The van der Waals surface area contributed by atoms with Gasteiger partial charge in [-0.15, -0.1) is 6.58 Å². The fourth-order valence-electron chi connectivity index (χ4n) is 3.34. The van der Waals surface area contributed by atoms with Crippen molar-refractivity contribution < 1.29 is 0 Å². The Kier molecular flexibility index (Phi) is 2.17. The first-order chi connectivity index (χ1) is 6.54. The standard InChI is InChI=1S/C14H20/c1-10(2)8-14(11(3)4)9-12-5-6-13(14)7-12/h5-6,12-13H,1,3,7-9H2,2,4H3. The monoisotopic (exact) mass is 188 g/mol. The summed E-state index contributed by atoms with van der Waals surface area (Å²) in [5.41, 5.74) is 3.01. The Labute approximate surface area is 87.4 Å². The van der Waals surface area contributed by atoms with Crippen molar-refractivity contribution >= 4 is 0 Å². The summed E-state index contributed by atoms with van der Waals surface area (Å²) in [6.07, 6.45) is 8.58. The molecule has 0 heterocycles. The molecule has 0 aromatic heterocycles. The number of hydrogen-bond donors (Lipinski definition) is 0. The van der Waals surface area contributed by atoms with Crippen LogP contribution in [0.2, 0.25) is 0 Å². The predicted octanol–water partition coefficient (Wildman–Crippen LogP) is 4.11. The van der Waals surface area contributed by atoms with Gasteiger partial charge in [0.05, 0.1) is 0 Å². The van der Waals surface area contributed by atoms with E-state index in [1.165, 1.54) is 24.0 Å². The van der Waals surface area contributed by atoms with Crippen LogP contribution in [0.5, 0.6) is 0 Å². The topological polar surface area (TPSA) is 0 Å². The van der Waals surface area contributed by atoms with Gasteiger partial charge < -0.3 is 0 Å². The zero-order valence-corrected chi connectivity index (χ0v) is 9.34. The minimum atomic E-state index is 0.352. The third-order valence-corrected chi connectivity index (χ3v) is 3.98. The SMILES string of the molecule is C=C(C)CC1(C(=C)C)CC2C=CC1C2. The highest BCUT2D eigenvalue weighted by atomic mass is 14.5. The van der Waals surface area contributed by atoms with E-state index in [-0.39, 0.29) is 0 Å². The van der Waals surface area contributed by atoms with Crippen molar-refractivity contribution in [3.05, 3.63) is 36.5 Å². The van der Waals surface area contributed by atoms with Crippen molar-refractivity contribution in [1.82, 2.24) is 0 Å². The Balaban J connectivity index is 2.29. The van der Waals surface area contributed by atoms with Gasteiger partial charge in [-0.3, -0.25) is 0 Å². The predicted molar refractivity (Wildman–Crippen MR) is 62.0 cm³/mol. The maximum Gasteiger partial charge on any atom is 0.00118 e. The molecule has 2 bridgehead atoms. The van der Waals surface area contributed by atoms with Gasteiger partial charge in [-0.2, -0.15) is 0 Å². The van der Waals surface area contributed by atoms with Crippen LogP contribution in [-0.2, 0) is 0 Å². The molecule has 0 nitrogen and oxygen atoms in total. The van der Waals surface area contributed by atoms with Crippen LogP contribution in [0.25, 0.3) is 0 Å². The fourth-order valence-corrected chi connectivity index (χ4v) is 3.34. The van der Waals surface area contributed by atoms with Crippen molar-refractivity contribution in [2.24, 2.45) is 17.3 Å². The normalized spacial score (nSPS) is 39.0. The number of fused-ring (bicyclic) bond motifs is 2. The van der Waals surface area contributed by atoms with Crippen LogP contribution in [0.3, 0.4) is 0 Å². The quantitative estimate of drug-likeness (QED) is 0.585. The molecule has 3 unspecified atom stereocenters. The highest BCUT2D eigenvalue weighted by Crippen LogP contribution is 2.58. The molecule has 3 atom stereocenters. The fraction of sp³-hybridized carbons (Fsp3) is 0.571. The lowest BCUT2D eigenvalue weighted by Crippen LogP contribution is -2.27. The van der Waals surface area contributed by atoms with Crippen LogP contribution in [0.4, 0.5) is 0 Å². The minimum absolute atomic E-state index is 0.352. The molecule has 0 amide bonds. The van der Waals surface area contributed by atoms with Gasteiger partial charge in [0.25, 0.3) is 0 Å². The van der Waals surface area contributed by atoms with Crippen LogP contribution in [0.1, 0.15) is 33.1 Å². The third kappa shape index (κ3) is 1.28. The average Bonchev–Trinajstić information content (AvgIpc) is 2.61. The van der Waals surface area contributed by atoms with Gasteiger partial charge in [-0.25, -0.2) is 0 Å². The van der Waals surface area contributed by atoms with Crippen LogP contribution in [-0.4, -0.2) is 0 Å². The molecule has 2 aliphatic rings. The maximum atomic E-state index is 4.21. The molecule has 0 radical (unpaired) electrons. The zero-order chi connectivity index (χ0) is 10.3. The van der Waals surface area contributed by atoms with E-state index >= 15 is 0 Å². The van der Waals surface area contributed by atoms with Gasteiger partial charge in [-0.1, -0.05) is 29.9 Å². The Bertz CT molecular complexity index is 308. The molecule has 2 rings (SSSR count). The first-order valence-corrected chi connectivity index (χ1v) is 5.53. The second kappa shape index (κ2) is 3.12. The van der Waals surface area contributed by atoms with Crippen molar-refractivity contribution in [2.45, 2.75) is 33.1 Å². The van der Waals surface area contributed by atoms with E-state index in [2.05, 4.69) is 39.2 Å². The number of hydrogen-bond acceptors (Lipinski definition) is 0. The molecule has 0 heteroatoms. The Morgan fingerprint density at radius 2 is 2.07 bits per heavy atom. The van der Waals surface area contributed by atoms with Gasteiger partial charge in [0.1, 0.15) is 0 Å². The van der Waals surface area contributed by atoms with Crippen LogP contribution in [0.15, 0.2) is 36.5 Å². The molecule has 0 aromatic carbocycles. The summed E-state index contributed by atoms with van der Waals surface area (Å²) >= 11 is 0. The van der Waals surface area contributed by atoms with Gasteiger partial charge in [0, 0.05) is 5.41 Å². The van der Waals surface area contributed by atoms with Gasteiger partial charge in [0.2, 0.25) is 0 Å². The first kappa shape index (κ1) is 9.76. The summed E-state index contributed by atoms with van der Waals surface area (Å²) in [6, 6.07) is 0. The molecule has 0 N–H and O–H groups in total. The van der Waals surface area contributed by atoms with Crippen molar-refractivity contribution in [3.63, 3.8) is 0 Å². The highest BCUT2D eigenvalue weighted by Gasteiger charge is 2.48. The van der Waals surface area contributed by atoms with Gasteiger partial charge in [-0.05, 0) is 44.9 Å². The molecular formula is C14H20. The summed E-state index contributed by atoms with van der Waals surface area (Å²) in [6.45, 7) is 12.6. The second-order valence-electron chi connectivity index (χ2n) is 5.26. The van der Waals surface area contributed by atoms with E-state index in [1.54, 1.807) is 0 Å². The maximum absolute atomic E-state index is 4.21. The molecule has 0 aliphatic heterocycles. The van der Waals surface area contributed by atoms with Crippen LogP contribution < -0.4 is 0 Å². The lowest BCUT2D eigenvalue weighted by atomic mass is 9.67. The van der Waals surface area contributed by atoms with Gasteiger partial charge in [0.15, 0.2) is 0 Å². The first-order valence-electron chi connectivity index (χ1n) is 5.53. The summed E-state index contributed by atoms with van der Waals surface area (Å²) in [4.78, 5) is 0. The molecule has 76 valence electrons. The smallest absolute Gasteiger partial charge is 0.00118 e. The van der Waals surface area contributed by atoms with E-state index in [4.69, 9.17) is 0 Å². The lowest BCUT2D eigenvalue weighted by molar-refractivity contribution is 0.288. The van der Waals surface area contributed by atoms with Crippen LogP contribution >= 0.6 is 0 Å². The average molecular weight is 188 g/mol. The largest absolute Gasteiger partial charge is 0.100 e. The molecule has 0 saturated heterocycles. The minimum Gasteiger partial charge on any atom is -0.100 e. The molecule has 0 spiro atoms. The summed E-state index contributed by atoms with van der Waals surface area (Å²) in [7, 11) is 0. The van der Waals surface area contributed by atoms with Crippen molar-refractivity contribution in [3.8, 4) is 0 Å². The van der Waals surface area contributed by atoms with E-state index < -0.39 is 0 Å². The summed E-state index contributed by atoms with van der Waals surface area (Å²) in [5, 5.41) is 0. The molecule has 14 heavy (non-hydrogen) atoms. The Morgan fingerprint density at radius 1 is 1.36 bits per heavy atom. The van der Waals surface area contributed by atoms with E-state index in [0.29, 0.717) is 5.41 Å². The lowest BCUT2D eigenvalue weighted by Gasteiger charge is -2.37. The number of allylic oxidation sites excluding steroid dienone is 4. The van der Waals surface area contributed by atoms with Crippen molar-refractivity contribution in [2.75, 3.05) is 0 Å². The Morgan fingerprint density at radius 3 is 2.43 bits per heavy atom. The highest BCUT2D eigenvalue weighted by molar-refractivity contribution is 5.27. The Hall–Kier alpha value is -0.780. The van der Waals surface area contributed by atoms with E-state index in [0.717, 1.165) is 18.3 Å². The molecule has 2 aliphatic carbocycles. The summed E-state index contributed by atoms with van der Waals surface area (Å²) < 4.78 is 0. The third-order valence-electron chi connectivity index (χ3n) is 3.98. The molecular weight excluding hydrogens is 168 g/mol. The molecule has 1 fully saturated rings. The van der Waals surface area contributed by atoms with Gasteiger partial charge >= 0.3 is 0 Å². The zero-order valence-electron chi connectivity index (χ0n) is 9.34. The molecule has 1 saturated carbocycles. The van der Waals surface area contributed by atoms with E-state index in [1.807, 2.05) is 0 Å². The van der Waals surface area contributed by atoms with Crippen LogP contribution in [0, 0.1) is 17.3 Å². The summed E-state index contributed by atoms with van der Waals surface area (Å²) in [5.74, 6) is 1.55. The number of rotatable bonds is 3. The van der Waals surface area contributed by atoms with Crippen molar-refractivity contribution in [1.29, 1.82) is 0 Å². The second-order valence-corrected chi connectivity index (χ2v) is 5.26.